The molecule has 0 aromatic heterocycles. The third kappa shape index (κ3) is 12.3. The van der Waals surface area contributed by atoms with E-state index >= 15 is 0 Å². The normalized spacial score (nSPS) is 22.7. The summed E-state index contributed by atoms with van der Waals surface area (Å²) in [5.41, 5.74) is 23.5. The smallest absolute Gasteiger partial charge is 0.0775 e. The van der Waals surface area contributed by atoms with Crippen LogP contribution in [-0.4, -0.2) is 37.7 Å². The molecule has 2 atom stereocenters. The minimum Gasteiger partial charge on any atom is -0.448 e. The van der Waals surface area contributed by atoms with E-state index in [0.717, 1.165) is 0 Å². The van der Waals surface area contributed by atoms with Crippen molar-refractivity contribution in [2.24, 2.45) is 20.0 Å². The first-order chi connectivity index (χ1) is 24.2. The van der Waals surface area contributed by atoms with Crippen LogP contribution >= 0.6 is 0 Å². The van der Waals surface area contributed by atoms with Gasteiger partial charge >= 0.3 is 0 Å². The van der Waals surface area contributed by atoms with Crippen molar-refractivity contribution in [1.82, 2.24) is 0 Å². The maximum absolute atomic E-state index is 3.99. The van der Waals surface area contributed by atoms with Crippen LogP contribution < -0.4 is 0 Å². The Hall–Kier alpha value is -2.37. The monoisotopic (exact) mass is 798 g/mol. The number of nitrogens with zero attached hydrogens (tertiary/aromatic N) is 6. The Bertz CT molecular complexity index is 1430. The van der Waals surface area contributed by atoms with Crippen LogP contribution in [0.4, 0.5) is 0 Å². The Morgan fingerprint density at radius 3 is 0.556 bits per heavy atom. The zero-order chi connectivity index (χ0) is 39.8. The van der Waals surface area contributed by atoms with Gasteiger partial charge in [0, 0.05) is 79.8 Å². The van der Waals surface area contributed by atoms with Crippen LogP contribution in [0.1, 0.15) is 138 Å². The van der Waals surface area contributed by atoms with Crippen molar-refractivity contribution < 1.29 is 43.4 Å². The van der Waals surface area contributed by atoms with Gasteiger partial charge in [0.1, 0.15) is 0 Å². The first-order valence-electron chi connectivity index (χ1n) is 18.4. The van der Waals surface area contributed by atoms with Crippen LogP contribution in [0.25, 0.3) is 10.6 Å². The van der Waals surface area contributed by atoms with Gasteiger partial charge in [-0.2, -0.15) is 0 Å². The van der Waals surface area contributed by atoms with Gasteiger partial charge in [0.05, 0.1) is 12.3 Å². The molecule has 4 radical (unpaired) electrons. The first-order valence-corrected chi connectivity index (χ1v) is 18.4. The Morgan fingerprint density at radius 1 is 0.296 bits per heavy atom. The zero-order valence-corrected chi connectivity index (χ0v) is 40.3. The third-order valence-corrected chi connectivity index (χ3v) is 12.7. The Morgan fingerprint density at radius 2 is 0.463 bits per heavy atom. The molecular formula is C46H66N6Ti2-2. The quantitative estimate of drug-likeness (QED) is 0.237. The van der Waals surface area contributed by atoms with Crippen LogP contribution in [-0.2, 0) is 43.4 Å². The van der Waals surface area contributed by atoms with Gasteiger partial charge in [-0.1, -0.05) is 85.0 Å². The molecule has 0 saturated carbocycles. The largest absolute Gasteiger partial charge is 0.448 e. The second-order valence-electron chi connectivity index (χ2n) is 14.7. The van der Waals surface area contributed by atoms with E-state index in [1.165, 1.54) is 138 Å². The van der Waals surface area contributed by atoms with Gasteiger partial charge in [0.15, 0.2) is 0 Å². The van der Waals surface area contributed by atoms with Crippen LogP contribution in [0.15, 0.2) is 109 Å². The van der Waals surface area contributed by atoms with Gasteiger partial charge in [-0.3, -0.25) is 9.98 Å². The van der Waals surface area contributed by atoms with Gasteiger partial charge in [-0.05, 0) is 155 Å². The molecular weight excluding hydrogens is 732 g/mol. The summed E-state index contributed by atoms with van der Waals surface area (Å²) in [6.45, 7) is 44.0. The van der Waals surface area contributed by atoms with Crippen LogP contribution in [0, 0.1) is 23.7 Å². The summed E-state index contributed by atoms with van der Waals surface area (Å²) in [6.07, 6.45) is 5.27. The minimum absolute atomic E-state index is 0. The van der Waals surface area contributed by atoms with Crippen molar-refractivity contribution in [2.45, 2.75) is 151 Å². The molecule has 8 heteroatoms. The van der Waals surface area contributed by atoms with Gasteiger partial charge in [0.25, 0.3) is 0 Å². The molecule has 0 N–H and O–H groups in total. The maximum atomic E-state index is 3.99. The fourth-order valence-electron chi connectivity index (χ4n) is 6.50. The van der Waals surface area contributed by atoms with Gasteiger partial charge in [0.2, 0.25) is 0 Å². The first kappa shape index (κ1) is 51.6. The van der Waals surface area contributed by atoms with E-state index in [1.807, 2.05) is 0 Å². The van der Waals surface area contributed by atoms with Crippen molar-refractivity contribution in [3.05, 3.63) is 123 Å². The number of hydrogen-bond acceptors (Lipinski definition) is 4. The summed E-state index contributed by atoms with van der Waals surface area (Å²) >= 11 is 0. The summed E-state index contributed by atoms with van der Waals surface area (Å²) in [7, 11) is 0. The topological polar surface area (TPSA) is 77.6 Å². The molecule has 0 aromatic rings. The molecule has 0 spiro atoms. The SMILES string of the molecule is C1=NC=NC(C2N=CN=C[N-]2)[N-]1.C[C]1C(C)=C(C)C(C)=C1C.C[C]1C(C)=C(C)C(C)=C1C.C[C]1C(C)=C(C)C(C)=C1C.C[C]1C(C)=C(C)C(C)=C1C.[Ti].[Ti]. The van der Waals surface area contributed by atoms with Crippen LogP contribution in [0.5, 0.6) is 0 Å². The molecule has 54 heavy (non-hydrogen) atoms. The summed E-state index contributed by atoms with van der Waals surface area (Å²) in [5.74, 6) is 5.87. The predicted molar refractivity (Wildman–Crippen MR) is 231 cm³/mol. The van der Waals surface area contributed by atoms with E-state index < -0.39 is 0 Å². The van der Waals surface area contributed by atoms with Crippen molar-refractivity contribution in [1.29, 1.82) is 0 Å². The Kier molecular flexibility index (Phi) is 22.0. The maximum Gasteiger partial charge on any atom is 0.0775 e. The van der Waals surface area contributed by atoms with Crippen LogP contribution in [0.3, 0.4) is 0 Å². The summed E-state index contributed by atoms with van der Waals surface area (Å²) in [5, 5.41) is 7.99. The van der Waals surface area contributed by atoms with E-state index in [2.05, 4.69) is 169 Å². The van der Waals surface area contributed by atoms with Crippen molar-refractivity contribution >= 4 is 25.4 Å². The Labute approximate surface area is 360 Å². The fraction of sp³-hybridized carbons (Fsp3) is 0.478. The molecule has 6 nitrogen and oxygen atoms in total. The van der Waals surface area contributed by atoms with Crippen LogP contribution in [0.2, 0.25) is 0 Å². The van der Waals surface area contributed by atoms with Gasteiger partial charge < -0.3 is 20.6 Å². The summed E-state index contributed by atoms with van der Waals surface area (Å²) in [4.78, 5) is 15.4. The summed E-state index contributed by atoms with van der Waals surface area (Å²) < 4.78 is 0. The fourth-order valence-corrected chi connectivity index (χ4v) is 6.50. The molecule has 0 amide bonds. The van der Waals surface area contributed by atoms with E-state index in [4.69, 9.17) is 0 Å². The number of rotatable bonds is 1. The molecule has 0 aromatic carbocycles. The van der Waals surface area contributed by atoms with Gasteiger partial charge in [-0.25, -0.2) is 0 Å². The van der Waals surface area contributed by atoms with E-state index in [9.17, 15) is 0 Å². The number of aliphatic imine (C=N–C) groups is 4. The number of hydrogen-bond donors (Lipinski definition) is 0. The number of allylic oxidation sites excluding steroid dienone is 16. The van der Waals surface area contributed by atoms with Gasteiger partial charge in [-0.15, -0.1) is 0 Å². The van der Waals surface area contributed by atoms with E-state index in [1.54, 1.807) is 0 Å². The van der Waals surface area contributed by atoms with Crippen molar-refractivity contribution in [3.8, 4) is 0 Å². The molecule has 290 valence electrons. The van der Waals surface area contributed by atoms with Crippen molar-refractivity contribution in [3.63, 3.8) is 0 Å². The second-order valence-corrected chi connectivity index (χ2v) is 14.7. The molecule has 4 aliphatic carbocycles. The molecule has 6 aliphatic rings. The molecule has 2 heterocycles. The molecule has 0 fully saturated rings. The molecule has 6 rings (SSSR count). The average Bonchev–Trinajstić information content (AvgIpc) is 3.60. The van der Waals surface area contributed by atoms with E-state index in [0.29, 0.717) is 0 Å². The summed E-state index contributed by atoms with van der Waals surface area (Å²) in [6, 6.07) is 0. The second kappa shape index (κ2) is 23.0. The molecule has 2 unspecified atom stereocenters. The Balaban J connectivity index is 0.000000646. The minimum atomic E-state index is -0.273. The molecule has 0 saturated heterocycles. The molecule has 2 aliphatic heterocycles. The standard InChI is InChI=1S/4C10H15.C6H6N6.2Ti/c4*1-6-7(2)9(4)10(5)8(6)3;1-7-2-10-5(9-1)6-11-3-8-4-12-6;;/h4*1-5H3;1-6H;;/q;;;;-2;;. The third-order valence-electron chi connectivity index (χ3n) is 12.7. The predicted octanol–water partition coefficient (Wildman–Crippen LogP) is 13.6. The molecule has 0 bridgehead atoms. The van der Waals surface area contributed by atoms with Crippen molar-refractivity contribution in [2.75, 3.05) is 0 Å². The van der Waals surface area contributed by atoms with E-state index in [-0.39, 0.29) is 55.8 Å². The zero-order valence-electron chi connectivity index (χ0n) is 37.1. The average molecular weight is 799 g/mol.